The van der Waals surface area contributed by atoms with E-state index in [2.05, 4.69) is 21.2 Å². The van der Waals surface area contributed by atoms with Crippen LogP contribution in [-0.4, -0.2) is 11.1 Å². The van der Waals surface area contributed by atoms with Crippen molar-refractivity contribution in [1.82, 2.24) is 0 Å². The van der Waals surface area contributed by atoms with Gasteiger partial charge in [-0.25, -0.2) is 4.79 Å². The fourth-order valence-corrected chi connectivity index (χ4v) is 2.08. The number of carboxylic acids is 1. The molecule has 0 atom stereocenters. The van der Waals surface area contributed by atoms with Crippen molar-refractivity contribution >= 4 is 27.6 Å². The third-order valence-electron chi connectivity index (χ3n) is 2.89. The molecule has 100 valence electrons. The lowest BCUT2D eigenvalue weighted by molar-refractivity contribution is 0.0661. The Labute approximate surface area is 119 Å². The Kier molecular flexibility index (Phi) is 3.95. The molecule has 1 aromatic carbocycles. The van der Waals surface area contributed by atoms with Crippen LogP contribution in [0.3, 0.4) is 0 Å². The van der Waals surface area contributed by atoms with Gasteiger partial charge in [0, 0.05) is 22.3 Å². The predicted octanol–water partition coefficient (Wildman–Crippen LogP) is 3.97. The molecule has 5 heteroatoms. The number of benzene rings is 1. The molecule has 0 bridgehead atoms. The zero-order valence-corrected chi connectivity index (χ0v) is 12.2. The zero-order chi connectivity index (χ0) is 14.0. The number of nitrogens with one attached hydrogen (secondary N) is 1. The van der Waals surface area contributed by atoms with E-state index >= 15 is 0 Å². The average Bonchev–Trinajstić information content (AvgIpc) is 2.73. The van der Waals surface area contributed by atoms with Gasteiger partial charge in [-0.05, 0) is 37.6 Å². The van der Waals surface area contributed by atoms with E-state index in [-0.39, 0.29) is 5.76 Å². The first-order chi connectivity index (χ1) is 8.97. The van der Waals surface area contributed by atoms with Crippen molar-refractivity contribution < 1.29 is 14.3 Å². The third kappa shape index (κ3) is 3.17. The summed E-state index contributed by atoms with van der Waals surface area (Å²) in [5.74, 6) is -0.456. The Balaban J connectivity index is 2.09. The van der Waals surface area contributed by atoms with Crippen LogP contribution in [0, 0.1) is 13.8 Å². The normalized spacial score (nSPS) is 10.5. The van der Waals surface area contributed by atoms with Gasteiger partial charge in [-0.3, -0.25) is 0 Å². The van der Waals surface area contributed by atoms with Crippen LogP contribution in [0.25, 0.3) is 0 Å². The van der Waals surface area contributed by atoms with E-state index in [1.54, 1.807) is 13.0 Å². The minimum absolute atomic E-state index is 0.0283. The Morgan fingerprint density at radius 1 is 1.37 bits per heavy atom. The molecule has 0 saturated heterocycles. The lowest BCUT2D eigenvalue weighted by atomic mass is 10.2. The Bertz CT molecular complexity index is 619. The third-order valence-corrected chi connectivity index (χ3v) is 3.74. The number of halogens is 1. The van der Waals surface area contributed by atoms with E-state index in [0.717, 1.165) is 15.7 Å². The van der Waals surface area contributed by atoms with Crippen LogP contribution in [0.4, 0.5) is 5.69 Å². The number of carbonyl (C=O) groups is 1. The molecule has 0 unspecified atom stereocenters. The van der Waals surface area contributed by atoms with Crippen LogP contribution in [0.2, 0.25) is 0 Å². The summed E-state index contributed by atoms with van der Waals surface area (Å²) in [6, 6.07) is 7.53. The van der Waals surface area contributed by atoms with Crippen LogP contribution in [0.1, 0.15) is 27.4 Å². The second kappa shape index (κ2) is 5.48. The van der Waals surface area contributed by atoms with Gasteiger partial charge in [0.15, 0.2) is 0 Å². The maximum atomic E-state index is 10.8. The van der Waals surface area contributed by atoms with Crippen molar-refractivity contribution in [2.75, 3.05) is 5.32 Å². The molecule has 0 aliphatic rings. The molecule has 2 aromatic rings. The molecule has 0 aliphatic carbocycles. The summed E-state index contributed by atoms with van der Waals surface area (Å²) < 4.78 is 6.19. The largest absolute Gasteiger partial charge is 0.475 e. The Hall–Kier alpha value is -1.75. The molecule has 4 nitrogen and oxygen atoms in total. The number of anilines is 1. The minimum Gasteiger partial charge on any atom is -0.475 e. The van der Waals surface area contributed by atoms with E-state index in [4.69, 9.17) is 9.52 Å². The molecule has 2 N–H and O–H groups in total. The molecule has 19 heavy (non-hydrogen) atoms. The predicted molar refractivity (Wildman–Crippen MR) is 76.6 cm³/mol. The first-order valence-corrected chi connectivity index (χ1v) is 6.59. The van der Waals surface area contributed by atoms with E-state index in [1.807, 2.05) is 25.1 Å². The molecule has 0 amide bonds. The summed E-state index contributed by atoms with van der Waals surface area (Å²) in [5, 5.41) is 12.1. The molecule has 1 aromatic heterocycles. The van der Waals surface area contributed by atoms with Crippen LogP contribution < -0.4 is 5.32 Å². The topological polar surface area (TPSA) is 62.5 Å². The lowest BCUT2D eigenvalue weighted by Gasteiger charge is -2.07. The van der Waals surface area contributed by atoms with Crippen LogP contribution >= 0.6 is 15.9 Å². The van der Waals surface area contributed by atoms with Crippen molar-refractivity contribution in [2.24, 2.45) is 0 Å². The average molecular weight is 324 g/mol. The first-order valence-electron chi connectivity index (χ1n) is 5.80. The fourth-order valence-electron chi connectivity index (χ4n) is 1.70. The smallest absolute Gasteiger partial charge is 0.371 e. The number of rotatable bonds is 4. The second-order valence-electron chi connectivity index (χ2n) is 4.31. The number of carboxylic acid groups (broad SMARTS) is 1. The molecule has 0 aliphatic heterocycles. The minimum atomic E-state index is -1.05. The van der Waals surface area contributed by atoms with Crippen molar-refractivity contribution in [3.63, 3.8) is 0 Å². The van der Waals surface area contributed by atoms with E-state index in [1.165, 1.54) is 5.56 Å². The molecule has 0 spiro atoms. The van der Waals surface area contributed by atoms with E-state index in [0.29, 0.717) is 12.3 Å². The number of aryl methyl sites for hydroxylation is 2. The van der Waals surface area contributed by atoms with Gasteiger partial charge in [-0.15, -0.1) is 0 Å². The van der Waals surface area contributed by atoms with E-state index in [9.17, 15) is 4.79 Å². The van der Waals surface area contributed by atoms with Gasteiger partial charge in [0.25, 0.3) is 0 Å². The SMILES string of the molecule is Cc1ccc(NCc2cc(C(=O)O)oc2C)cc1Br. The van der Waals surface area contributed by atoms with Gasteiger partial charge < -0.3 is 14.8 Å². The summed E-state index contributed by atoms with van der Waals surface area (Å²) in [7, 11) is 0. The number of hydrogen-bond acceptors (Lipinski definition) is 3. The first kappa shape index (κ1) is 13.7. The number of aromatic carboxylic acids is 1. The van der Waals surface area contributed by atoms with Gasteiger partial charge in [-0.1, -0.05) is 22.0 Å². The number of hydrogen-bond donors (Lipinski definition) is 2. The standard InChI is InChI=1S/C14H14BrNO3/c1-8-3-4-11(6-12(8)15)16-7-10-5-13(14(17)18)19-9(10)2/h3-6,16H,7H2,1-2H3,(H,17,18). The highest BCUT2D eigenvalue weighted by atomic mass is 79.9. The Morgan fingerprint density at radius 2 is 2.11 bits per heavy atom. The summed E-state index contributed by atoms with van der Waals surface area (Å²) in [4.78, 5) is 10.8. The molecule has 0 saturated carbocycles. The van der Waals surface area contributed by atoms with Crippen molar-refractivity contribution in [3.05, 3.63) is 51.4 Å². The van der Waals surface area contributed by atoms with Crippen molar-refractivity contribution in [3.8, 4) is 0 Å². The van der Waals surface area contributed by atoms with Gasteiger partial charge in [-0.2, -0.15) is 0 Å². The highest BCUT2D eigenvalue weighted by Crippen LogP contribution is 2.22. The molecule has 2 rings (SSSR count). The van der Waals surface area contributed by atoms with Crippen molar-refractivity contribution in [2.45, 2.75) is 20.4 Å². The van der Waals surface area contributed by atoms with Gasteiger partial charge in [0.05, 0.1) is 0 Å². The monoisotopic (exact) mass is 323 g/mol. The molecule has 1 heterocycles. The van der Waals surface area contributed by atoms with Gasteiger partial charge >= 0.3 is 5.97 Å². The molecule has 0 fully saturated rings. The zero-order valence-electron chi connectivity index (χ0n) is 10.7. The number of furan rings is 1. The molecular weight excluding hydrogens is 310 g/mol. The van der Waals surface area contributed by atoms with Crippen LogP contribution in [0.5, 0.6) is 0 Å². The summed E-state index contributed by atoms with van der Waals surface area (Å²) in [6.07, 6.45) is 0. The summed E-state index contributed by atoms with van der Waals surface area (Å²) >= 11 is 3.47. The fraction of sp³-hybridized carbons (Fsp3) is 0.214. The second-order valence-corrected chi connectivity index (χ2v) is 5.17. The Morgan fingerprint density at radius 3 is 2.68 bits per heavy atom. The summed E-state index contributed by atoms with van der Waals surface area (Å²) in [6.45, 7) is 4.31. The van der Waals surface area contributed by atoms with E-state index < -0.39 is 5.97 Å². The highest BCUT2D eigenvalue weighted by Gasteiger charge is 2.12. The molecular formula is C14H14BrNO3. The maximum Gasteiger partial charge on any atom is 0.371 e. The van der Waals surface area contributed by atoms with Gasteiger partial charge in [0.2, 0.25) is 5.76 Å². The quantitative estimate of drug-likeness (QED) is 0.893. The molecule has 0 radical (unpaired) electrons. The maximum absolute atomic E-state index is 10.8. The van der Waals surface area contributed by atoms with Gasteiger partial charge in [0.1, 0.15) is 5.76 Å². The highest BCUT2D eigenvalue weighted by molar-refractivity contribution is 9.10. The lowest BCUT2D eigenvalue weighted by Crippen LogP contribution is -2.00. The van der Waals surface area contributed by atoms with Crippen molar-refractivity contribution in [1.29, 1.82) is 0 Å². The van der Waals surface area contributed by atoms with Crippen LogP contribution in [-0.2, 0) is 6.54 Å². The summed E-state index contributed by atoms with van der Waals surface area (Å²) in [5.41, 5.74) is 2.97. The van der Waals surface area contributed by atoms with Crippen LogP contribution in [0.15, 0.2) is 33.2 Å².